The number of halogens is 1. The number of amides is 1. The molecule has 0 aromatic heterocycles. The van der Waals surface area contributed by atoms with Crippen molar-refractivity contribution in [2.75, 3.05) is 26.4 Å². The summed E-state index contributed by atoms with van der Waals surface area (Å²) in [5, 5.41) is 3.65. The molecule has 0 spiro atoms. The van der Waals surface area contributed by atoms with Crippen molar-refractivity contribution in [3.05, 3.63) is 28.8 Å². The van der Waals surface area contributed by atoms with Crippen molar-refractivity contribution in [2.45, 2.75) is 26.2 Å². The molecule has 1 saturated heterocycles. The summed E-state index contributed by atoms with van der Waals surface area (Å²) >= 11 is 6.02. The Morgan fingerprint density at radius 3 is 3.10 bits per heavy atom. The molecule has 0 radical (unpaired) electrons. The minimum absolute atomic E-state index is 0.00975. The zero-order valence-electron chi connectivity index (χ0n) is 12.4. The van der Waals surface area contributed by atoms with Gasteiger partial charge in [0.1, 0.15) is 5.75 Å². The van der Waals surface area contributed by atoms with Gasteiger partial charge in [0.25, 0.3) is 0 Å². The average molecular weight is 312 g/mol. The molecular weight excluding hydrogens is 290 g/mol. The quantitative estimate of drug-likeness (QED) is 0.879. The zero-order chi connectivity index (χ0) is 15.1. The third kappa shape index (κ3) is 4.90. The fourth-order valence-electron chi connectivity index (χ4n) is 2.45. The van der Waals surface area contributed by atoms with E-state index in [1.54, 1.807) is 0 Å². The van der Waals surface area contributed by atoms with E-state index in [0.717, 1.165) is 30.8 Å². The highest BCUT2D eigenvalue weighted by Crippen LogP contribution is 2.23. The van der Waals surface area contributed by atoms with E-state index in [4.69, 9.17) is 21.1 Å². The molecule has 116 valence electrons. The van der Waals surface area contributed by atoms with Gasteiger partial charge in [-0.1, -0.05) is 11.6 Å². The van der Waals surface area contributed by atoms with Gasteiger partial charge in [-0.3, -0.25) is 4.79 Å². The summed E-state index contributed by atoms with van der Waals surface area (Å²) in [6.45, 7) is 4.44. The lowest BCUT2D eigenvalue weighted by Crippen LogP contribution is -2.36. The van der Waals surface area contributed by atoms with Crippen molar-refractivity contribution in [3.8, 4) is 5.75 Å². The second-order valence-electron chi connectivity index (χ2n) is 5.14. The molecule has 1 fully saturated rings. The molecule has 0 bridgehead atoms. The number of benzene rings is 1. The van der Waals surface area contributed by atoms with E-state index in [0.29, 0.717) is 31.2 Å². The van der Waals surface area contributed by atoms with Crippen LogP contribution in [0.25, 0.3) is 0 Å². The molecule has 1 heterocycles. The topological polar surface area (TPSA) is 47.6 Å². The summed E-state index contributed by atoms with van der Waals surface area (Å²) in [5.41, 5.74) is 1.02. The van der Waals surface area contributed by atoms with Gasteiger partial charge in [-0.2, -0.15) is 0 Å². The van der Waals surface area contributed by atoms with Gasteiger partial charge < -0.3 is 14.8 Å². The highest BCUT2D eigenvalue weighted by atomic mass is 35.5. The highest BCUT2D eigenvalue weighted by molar-refractivity contribution is 6.30. The molecule has 0 aliphatic carbocycles. The third-order valence-electron chi connectivity index (χ3n) is 3.55. The van der Waals surface area contributed by atoms with Gasteiger partial charge in [-0.25, -0.2) is 0 Å². The number of carbonyl (C=O) groups is 1. The summed E-state index contributed by atoms with van der Waals surface area (Å²) in [5.74, 6) is 0.899. The van der Waals surface area contributed by atoms with Crippen molar-refractivity contribution in [3.63, 3.8) is 0 Å². The smallest absolute Gasteiger partial charge is 0.225 e. The first-order valence-corrected chi connectivity index (χ1v) is 7.85. The second kappa shape index (κ2) is 8.25. The summed E-state index contributed by atoms with van der Waals surface area (Å²) in [4.78, 5) is 12.0. The fourth-order valence-corrected chi connectivity index (χ4v) is 2.65. The first-order valence-electron chi connectivity index (χ1n) is 7.47. The second-order valence-corrected chi connectivity index (χ2v) is 5.58. The van der Waals surface area contributed by atoms with E-state index in [1.807, 2.05) is 25.1 Å². The predicted octanol–water partition coefficient (Wildman–Crippen LogP) is 2.82. The molecule has 2 rings (SSSR count). The number of hydrogen-bond donors (Lipinski definition) is 1. The van der Waals surface area contributed by atoms with Gasteiger partial charge in [0.05, 0.1) is 19.1 Å². The molecule has 1 aliphatic heterocycles. The van der Waals surface area contributed by atoms with Gasteiger partial charge in [0, 0.05) is 18.2 Å². The Hall–Kier alpha value is -1.26. The molecule has 1 N–H and O–H groups in total. The van der Waals surface area contributed by atoms with Crippen molar-refractivity contribution >= 4 is 17.5 Å². The van der Waals surface area contributed by atoms with Crippen LogP contribution in [0.1, 0.15) is 25.3 Å². The first kappa shape index (κ1) is 16.1. The van der Waals surface area contributed by atoms with Crippen LogP contribution in [0.2, 0.25) is 5.02 Å². The Morgan fingerprint density at radius 2 is 2.38 bits per heavy atom. The van der Waals surface area contributed by atoms with E-state index in [1.165, 1.54) is 0 Å². The maximum Gasteiger partial charge on any atom is 0.225 e. The molecule has 1 aromatic carbocycles. The molecule has 1 aromatic rings. The van der Waals surface area contributed by atoms with Crippen molar-refractivity contribution in [2.24, 2.45) is 5.92 Å². The number of carbonyl (C=O) groups excluding carboxylic acids is 1. The van der Waals surface area contributed by atoms with Crippen LogP contribution < -0.4 is 10.1 Å². The van der Waals surface area contributed by atoms with Gasteiger partial charge in [-0.05, 0) is 49.9 Å². The minimum Gasteiger partial charge on any atom is -0.494 e. The van der Waals surface area contributed by atoms with E-state index < -0.39 is 0 Å². The van der Waals surface area contributed by atoms with Gasteiger partial charge in [0.2, 0.25) is 5.91 Å². The standard InChI is InChI=1S/C16H22ClNO3/c1-2-21-15-6-5-14(17)10-12(15)7-8-18-16(19)13-4-3-9-20-11-13/h5-6,10,13H,2-4,7-9,11H2,1H3,(H,18,19). The average Bonchev–Trinajstić information content (AvgIpc) is 2.51. The third-order valence-corrected chi connectivity index (χ3v) is 3.78. The summed E-state index contributed by atoms with van der Waals surface area (Å²) in [6, 6.07) is 5.58. The summed E-state index contributed by atoms with van der Waals surface area (Å²) < 4.78 is 10.9. The molecule has 1 unspecified atom stereocenters. The van der Waals surface area contributed by atoms with E-state index >= 15 is 0 Å². The fraction of sp³-hybridized carbons (Fsp3) is 0.562. The van der Waals surface area contributed by atoms with Crippen LogP contribution in [0.4, 0.5) is 0 Å². The van der Waals surface area contributed by atoms with Crippen LogP contribution in [0.5, 0.6) is 5.75 Å². The van der Waals surface area contributed by atoms with E-state index in [-0.39, 0.29) is 11.8 Å². The SMILES string of the molecule is CCOc1ccc(Cl)cc1CCNC(=O)C1CCCOC1. The largest absolute Gasteiger partial charge is 0.494 e. The Labute approximate surface area is 130 Å². The lowest BCUT2D eigenvalue weighted by Gasteiger charge is -2.21. The predicted molar refractivity (Wildman–Crippen MR) is 82.9 cm³/mol. The van der Waals surface area contributed by atoms with Crippen LogP contribution in [0.15, 0.2) is 18.2 Å². The Kier molecular flexibility index (Phi) is 6.33. The molecule has 0 saturated carbocycles. The van der Waals surface area contributed by atoms with Crippen molar-refractivity contribution < 1.29 is 14.3 Å². The number of ether oxygens (including phenoxy) is 2. The van der Waals surface area contributed by atoms with Crippen LogP contribution in [-0.4, -0.2) is 32.3 Å². The monoisotopic (exact) mass is 311 g/mol. The molecule has 21 heavy (non-hydrogen) atoms. The molecule has 1 aliphatic rings. The molecule has 1 amide bonds. The number of rotatable bonds is 6. The molecular formula is C16H22ClNO3. The van der Waals surface area contributed by atoms with Crippen LogP contribution in [0.3, 0.4) is 0 Å². The van der Waals surface area contributed by atoms with Crippen molar-refractivity contribution in [1.82, 2.24) is 5.32 Å². The van der Waals surface area contributed by atoms with Crippen LogP contribution in [-0.2, 0) is 16.0 Å². The molecule has 4 nitrogen and oxygen atoms in total. The van der Waals surface area contributed by atoms with Gasteiger partial charge in [-0.15, -0.1) is 0 Å². The van der Waals surface area contributed by atoms with Gasteiger partial charge >= 0.3 is 0 Å². The van der Waals surface area contributed by atoms with E-state index in [2.05, 4.69) is 5.32 Å². The van der Waals surface area contributed by atoms with Crippen LogP contribution >= 0.6 is 11.6 Å². The molecule has 1 atom stereocenters. The maximum atomic E-state index is 12.0. The zero-order valence-corrected chi connectivity index (χ0v) is 13.1. The summed E-state index contributed by atoms with van der Waals surface area (Å²) in [6.07, 6.45) is 2.57. The highest BCUT2D eigenvalue weighted by Gasteiger charge is 2.21. The van der Waals surface area contributed by atoms with Crippen molar-refractivity contribution in [1.29, 1.82) is 0 Å². The minimum atomic E-state index is -0.00975. The maximum absolute atomic E-state index is 12.0. The Balaban J connectivity index is 1.84. The normalized spacial score (nSPS) is 18.3. The Bertz CT molecular complexity index is 473. The lowest BCUT2D eigenvalue weighted by molar-refractivity contribution is -0.128. The number of hydrogen-bond acceptors (Lipinski definition) is 3. The first-order chi connectivity index (χ1) is 10.2. The van der Waals surface area contributed by atoms with Crippen LogP contribution in [0, 0.1) is 5.92 Å². The van der Waals surface area contributed by atoms with Gasteiger partial charge in [0.15, 0.2) is 0 Å². The lowest BCUT2D eigenvalue weighted by atomic mass is 10.0. The number of nitrogens with one attached hydrogen (secondary N) is 1. The van der Waals surface area contributed by atoms with E-state index in [9.17, 15) is 4.79 Å². The Morgan fingerprint density at radius 1 is 1.52 bits per heavy atom. The summed E-state index contributed by atoms with van der Waals surface area (Å²) in [7, 11) is 0. The molecule has 5 heteroatoms.